The van der Waals surface area contributed by atoms with Crippen molar-refractivity contribution in [2.24, 2.45) is 0 Å². The van der Waals surface area contributed by atoms with Gasteiger partial charge in [-0.1, -0.05) is 20.8 Å². The van der Waals surface area contributed by atoms with Crippen molar-refractivity contribution in [1.82, 2.24) is 4.98 Å². The second kappa shape index (κ2) is 3.44. The summed E-state index contributed by atoms with van der Waals surface area (Å²) in [5.74, 6) is -0.197. The third-order valence-corrected chi connectivity index (χ3v) is 2.61. The lowest BCUT2D eigenvalue weighted by Crippen LogP contribution is -2.18. The molecule has 0 atom stereocenters. The van der Waals surface area contributed by atoms with E-state index in [9.17, 15) is 4.39 Å². The first kappa shape index (κ1) is 10.2. The van der Waals surface area contributed by atoms with Crippen LogP contribution in [0, 0.1) is 12.7 Å². The van der Waals surface area contributed by atoms with Gasteiger partial charge in [-0.05, 0) is 30.4 Å². The van der Waals surface area contributed by atoms with Crippen LogP contribution in [0.1, 0.15) is 38.4 Å². The average Bonchev–Trinajstić information content (AvgIpc) is 2.09. The van der Waals surface area contributed by atoms with Crippen LogP contribution in [0.4, 0.5) is 4.39 Å². The summed E-state index contributed by atoms with van der Waals surface area (Å²) < 4.78 is 13.4. The van der Waals surface area contributed by atoms with Crippen LogP contribution in [0.2, 0.25) is 0 Å². The van der Waals surface area contributed by atoms with E-state index in [0.29, 0.717) is 0 Å². The Balaban J connectivity index is 3.20. The van der Waals surface area contributed by atoms with Crippen LogP contribution in [-0.4, -0.2) is 4.98 Å². The van der Waals surface area contributed by atoms with Crippen LogP contribution in [0.25, 0.3) is 0 Å². The van der Waals surface area contributed by atoms with Crippen molar-refractivity contribution in [3.8, 4) is 0 Å². The molecule has 0 fully saturated rings. The molecule has 1 aromatic rings. The highest BCUT2D eigenvalue weighted by atomic mass is 19.1. The molecule has 2 heteroatoms. The van der Waals surface area contributed by atoms with Gasteiger partial charge in [-0.25, -0.2) is 4.39 Å². The molecule has 0 N–H and O–H groups in total. The van der Waals surface area contributed by atoms with Crippen molar-refractivity contribution in [1.29, 1.82) is 0 Å². The van der Waals surface area contributed by atoms with Gasteiger partial charge in [0.1, 0.15) is 5.82 Å². The van der Waals surface area contributed by atoms with Crippen molar-refractivity contribution in [3.05, 3.63) is 29.3 Å². The van der Waals surface area contributed by atoms with E-state index in [-0.39, 0.29) is 11.2 Å². The maximum atomic E-state index is 13.4. The molecule has 1 heterocycles. The van der Waals surface area contributed by atoms with E-state index in [1.807, 2.05) is 26.8 Å². The van der Waals surface area contributed by atoms with Crippen molar-refractivity contribution in [2.45, 2.75) is 39.5 Å². The predicted octanol–water partition coefficient (Wildman–Crippen LogP) is 3.22. The Bertz CT molecular complexity index is 305. The van der Waals surface area contributed by atoms with Gasteiger partial charge in [0, 0.05) is 5.69 Å². The van der Waals surface area contributed by atoms with Gasteiger partial charge in [0.25, 0.3) is 0 Å². The SMILES string of the molecule is CCC(C)(C)c1cc(C)ncc1F. The summed E-state index contributed by atoms with van der Waals surface area (Å²) in [6.45, 7) is 8.04. The number of hydrogen-bond acceptors (Lipinski definition) is 1. The van der Waals surface area contributed by atoms with E-state index in [0.717, 1.165) is 17.7 Å². The highest BCUT2D eigenvalue weighted by Crippen LogP contribution is 2.28. The number of pyridine rings is 1. The predicted molar refractivity (Wildman–Crippen MR) is 52.2 cm³/mol. The Kier molecular flexibility index (Phi) is 2.69. The standard InChI is InChI=1S/C11H16FN/c1-5-11(3,4)9-6-8(2)13-7-10(9)12/h6-7H,5H2,1-4H3. The summed E-state index contributed by atoms with van der Waals surface area (Å²) in [6.07, 6.45) is 2.23. The molecule has 0 amide bonds. The lowest BCUT2D eigenvalue weighted by molar-refractivity contribution is 0.466. The fourth-order valence-corrected chi connectivity index (χ4v) is 1.25. The molecule has 1 rings (SSSR count). The van der Waals surface area contributed by atoms with Gasteiger partial charge >= 0.3 is 0 Å². The van der Waals surface area contributed by atoms with Gasteiger partial charge in [0.2, 0.25) is 0 Å². The smallest absolute Gasteiger partial charge is 0.145 e. The van der Waals surface area contributed by atoms with E-state index in [4.69, 9.17) is 0 Å². The minimum atomic E-state index is -0.197. The van der Waals surface area contributed by atoms with E-state index in [2.05, 4.69) is 11.9 Å². The summed E-state index contributed by atoms with van der Waals surface area (Å²) in [6, 6.07) is 1.83. The fraction of sp³-hybridized carbons (Fsp3) is 0.545. The number of rotatable bonds is 2. The Morgan fingerprint density at radius 3 is 2.62 bits per heavy atom. The minimum absolute atomic E-state index is 0.0994. The molecular weight excluding hydrogens is 165 g/mol. The second-order valence-corrected chi connectivity index (χ2v) is 4.04. The van der Waals surface area contributed by atoms with Gasteiger partial charge in [0.05, 0.1) is 6.20 Å². The lowest BCUT2D eigenvalue weighted by atomic mass is 9.82. The summed E-state index contributed by atoms with van der Waals surface area (Å²) in [5.41, 5.74) is 1.54. The van der Waals surface area contributed by atoms with Gasteiger partial charge < -0.3 is 0 Å². The van der Waals surface area contributed by atoms with Gasteiger partial charge in [-0.3, -0.25) is 4.98 Å². The van der Waals surface area contributed by atoms with Crippen molar-refractivity contribution < 1.29 is 4.39 Å². The Hall–Kier alpha value is -0.920. The van der Waals surface area contributed by atoms with Gasteiger partial charge in [0.15, 0.2) is 0 Å². The third-order valence-electron chi connectivity index (χ3n) is 2.61. The van der Waals surface area contributed by atoms with Crippen molar-refractivity contribution in [3.63, 3.8) is 0 Å². The quantitative estimate of drug-likeness (QED) is 0.682. The molecule has 72 valence electrons. The number of aromatic nitrogens is 1. The normalized spacial score (nSPS) is 11.8. The number of halogens is 1. The molecule has 0 spiro atoms. The van der Waals surface area contributed by atoms with Crippen LogP contribution >= 0.6 is 0 Å². The first-order chi connectivity index (χ1) is 5.97. The molecule has 0 aliphatic heterocycles. The number of nitrogens with zero attached hydrogens (tertiary/aromatic N) is 1. The molecule has 1 nitrogen and oxygen atoms in total. The Morgan fingerprint density at radius 1 is 1.46 bits per heavy atom. The van der Waals surface area contributed by atoms with Crippen LogP contribution in [-0.2, 0) is 5.41 Å². The molecule has 0 bridgehead atoms. The highest BCUT2D eigenvalue weighted by Gasteiger charge is 2.22. The van der Waals surface area contributed by atoms with E-state index in [1.165, 1.54) is 6.20 Å². The number of aryl methyl sites for hydroxylation is 1. The largest absolute Gasteiger partial charge is 0.259 e. The van der Waals surface area contributed by atoms with Crippen LogP contribution in [0.15, 0.2) is 12.3 Å². The average molecular weight is 181 g/mol. The maximum absolute atomic E-state index is 13.4. The first-order valence-electron chi connectivity index (χ1n) is 4.60. The molecule has 0 aromatic carbocycles. The molecule has 0 unspecified atom stereocenters. The Labute approximate surface area is 79.0 Å². The Morgan fingerprint density at radius 2 is 2.08 bits per heavy atom. The van der Waals surface area contributed by atoms with E-state index >= 15 is 0 Å². The van der Waals surface area contributed by atoms with Crippen LogP contribution < -0.4 is 0 Å². The second-order valence-electron chi connectivity index (χ2n) is 4.04. The summed E-state index contributed by atoms with van der Waals surface area (Å²) in [7, 11) is 0. The zero-order valence-electron chi connectivity index (χ0n) is 8.69. The molecule has 0 aliphatic rings. The zero-order chi connectivity index (χ0) is 10.1. The molecule has 0 saturated carbocycles. The van der Waals surface area contributed by atoms with Crippen LogP contribution in [0.3, 0.4) is 0 Å². The number of hydrogen-bond donors (Lipinski definition) is 0. The molecule has 1 aromatic heterocycles. The monoisotopic (exact) mass is 181 g/mol. The van der Waals surface area contributed by atoms with E-state index < -0.39 is 0 Å². The zero-order valence-corrected chi connectivity index (χ0v) is 8.69. The molecular formula is C11H16FN. The summed E-state index contributed by atoms with van der Waals surface area (Å²) in [5, 5.41) is 0. The summed E-state index contributed by atoms with van der Waals surface area (Å²) in [4.78, 5) is 3.91. The summed E-state index contributed by atoms with van der Waals surface area (Å²) >= 11 is 0. The maximum Gasteiger partial charge on any atom is 0.145 e. The molecule has 13 heavy (non-hydrogen) atoms. The third kappa shape index (κ3) is 2.06. The molecule has 0 saturated heterocycles. The topological polar surface area (TPSA) is 12.9 Å². The highest BCUT2D eigenvalue weighted by molar-refractivity contribution is 5.25. The van der Waals surface area contributed by atoms with E-state index in [1.54, 1.807) is 0 Å². The van der Waals surface area contributed by atoms with Gasteiger partial charge in [-0.15, -0.1) is 0 Å². The molecule has 0 radical (unpaired) electrons. The van der Waals surface area contributed by atoms with Crippen molar-refractivity contribution >= 4 is 0 Å². The minimum Gasteiger partial charge on any atom is -0.259 e. The van der Waals surface area contributed by atoms with Crippen molar-refractivity contribution in [2.75, 3.05) is 0 Å². The van der Waals surface area contributed by atoms with Crippen LogP contribution in [0.5, 0.6) is 0 Å². The first-order valence-corrected chi connectivity index (χ1v) is 4.60. The molecule has 0 aliphatic carbocycles. The lowest BCUT2D eigenvalue weighted by Gasteiger charge is -2.23. The fourth-order valence-electron chi connectivity index (χ4n) is 1.25. The van der Waals surface area contributed by atoms with Gasteiger partial charge in [-0.2, -0.15) is 0 Å².